The molecule has 1 amide bonds. The molecule has 1 fully saturated rings. The predicted octanol–water partition coefficient (Wildman–Crippen LogP) is 2.74. The van der Waals surface area contributed by atoms with Crippen molar-refractivity contribution in [2.24, 2.45) is 7.05 Å². The monoisotopic (exact) mass is 292 g/mol. The van der Waals surface area contributed by atoms with E-state index in [4.69, 9.17) is 16.3 Å². The van der Waals surface area contributed by atoms with Gasteiger partial charge >= 0.3 is 0 Å². The van der Waals surface area contributed by atoms with Crippen molar-refractivity contribution in [2.45, 2.75) is 18.9 Å². The highest BCUT2D eigenvalue weighted by atomic mass is 35.5. The van der Waals surface area contributed by atoms with Gasteiger partial charge in [0, 0.05) is 37.2 Å². The smallest absolute Gasteiger partial charge is 0.269 e. The van der Waals surface area contributed by atoms with Gasteiger partial charge in [-0.2, -0.15) is 0 Å². The summed E-state index contributed by atoms with van der Waals surface area (Å²) in [5.41, 5.74) is 1.49. The molecule has 1 aliphatic heterocycles. The Hall–Kier alpha value is -1.52. The summed E-state index contributed by atoms with van der Waals surface area (Å²) in [6.45, 7) is 1.40. The van der Waals surface area contributed by atoms with Gasteiger partial charge in [-0.25, -0.2) is 0 Å². The van der Waals surface area contributed by atoms with E-state index in [0.29, 0.717) is 23.9 Å². The van der Waals surface area contributed by atoms with E-state index >= 15 is 0 Å². The number of nitrogens with one attached hydrogen (secondary N) is 1. The molecule has 0 atom stereocenters. The van der Waals surface area contributed by atoms with Crippen LogP contribution in [0, 0.1) is 0 Å². The van der Waals surface area contributed by atoms with Gasteiger partial charge in [0.2, 0.25) is 0 Å². The lowest BCUT2D eigenvalue weighted by atomic mass is 10.1. The summed E-state index contributed by atoms with van der Waals surface area (Å²) in [6, 6.07) is 7.94. The van der Waals surface area contributed by atoms with Crippen LogP contribution in [0.4, 0.5) is 0 Å². The van der Waals surface area contributed by atoms with E-state index in [0.717, 1.165) is 23.7 Å². The van der Waals surface area contributed by atoms with Gasteiger partial charge in [0.25, 0.3) is 5.91 Å². The van der Waals surface area contributed by atoms with Crippen molar-refractivity contribution in [1.29, 1.82) is 0 Å². The number of halogens is 1. The minimum absolute atomic E-state index is 0.111. The zero-order valence-corrected chi connectivity index (χ0v) is 12.1. The second kappa shape index (κ2) is 5.46. The molecular weight excluding hydrogens is 276 g/mol. The van der Waals surface area contributed by atoms with Crippen LogP contribution in [-0.2, 0) is 11.8 Å². The number of carbonyl (C=O) groups is 1. The van der Waals surface area contributed by atoms with Gasteiger partial charge in [-0.15, -0.1) is 0 Å². The molecular formula is C15H17ClN2O2. The van der Waals surface area contributed by atoms with Crippen molar-refractivity contribution in [3.8, 4) is 0 Å². The summed E-state index contributed by atoms with van der Waals surface area (Å²) in [4.78, 5) is 12.5. The third kappa shape index (κ3) is 2.30. The van der Waals surface area contributed by atoms with Gasteiger partial charge in [0.1, 0.15) is 5.69 Å². The van der Waals surface area contributed by atoms with Gasteiger partial charge in [0.05, 0.1) is 5.02 Å². The second-order valence-corrected chi connectivity index (χ2v) is 5.48. The Morgan fingerprint density at radius 3 is 2.75 bits per heavy atom. The molecule has 3 rings (SSSR count). The molecule has 1 N–H and O–H groups in total. The number of aromatic nitrogens is 1. The lowest BCUT2D eigenvalue weighted by Gasteiger charge is -2.23. The van der Waals surface area contributed by atoms with Crippen LogP contribution < -0.4 is 5.32 Å². The molecule has 0 unspecified atom stereocenters. The average Bonchev–Trinajstić information content (AvgIpc) is 2.72. The van der Waals surface area contributed by atoms with Crippen LogP contribution in [0.25, 0.3) is 10.9 Å². The fourth-order valence-corrected chi connectivity index (χ4v) is 3.07. The summed E-state index contributed by atoms with van der Waals surface area (Å²) >= 11 is 6.37. The summed E-state index contributed by atoms with van der Waals surface area (Å²) in [5, 5.41) is 4.49. The fourth-order valence-electron chi connectivity index (χ4n) is 2.69. The maximum atomic E-state index is 12.5. The molecule has 1 aromatic carbocycles. The molecule has 106 valence electrons. The van der Waals surface area contributed by atoms with Crippen LogP contribution in [0.1, 0.15) is 23.3 Å². The zero-order chi connectivity index (χ0) is 14.1. The second-order valence-electron chi connectivity index (χ2n) is 5.10. The number of amides is 1. The standard InChI is InChI=1S/C15H17ClN2O2/c1-18-12-5-3-2-4-11(12)13(16)14(18)15(19)17-10-6-8-20-9-7-10/h2-5,10H,6-9H2,1H3,(H,17,19). The number of hydrogen-bond donors (Lipinski definition) is 1. The molecule has 0 spiro atoms. The SMILES string of the molecule is Cn1c(C(=O)NC2CCOCC2)c(Cl)c2ccccc21. The minimum atomic E-state index is -0.111. The van der Waals surface area contributed by atoms with Crippen LogP contribution >= 0.6 is 11.6 Å². The van der Waals surface area contributed by atoms with E-state index < -0.39 is 0 Å². The lowest BCUT2D eigenvalue weighted by Crippen LogP contribution is -2.39. The normalized spacial score (nSPS) is 16.5. The summed E-state index contributed by atoms with van der Waals surface area (Å²) in [6.07, 6.45) is 1.71. The van der Waals surface area contributed by atoms with E-state index in [-0.39, 0.29) is 11.9 Å². The van der Waals surface area contributed by atoms with Gasteiger partial charge in [-0.1, -0.05) is 29.8 Å². The van der Waals surface area contributed by atoms with Crippen molar-refractivity contribution in [1.82, 2.24) is 9.88 Å². The number of aryl methyl sites for hydroxylation is 1. The quantitative estimate of drug-likeness (QED) is 0.925. The Morgan fingerprint density at radius 2 is 2.05 bits per heavy atom. The zero-order valence-electron chi connectivity index (χ0n) is 11.4. The highest BCUT2D eigenvalue weighted by Crippen LogP contribution is 2.29. The third-order valence-electron chi connectivity index (χ3n) is 3.82. The molecule has 0 saturated carbocycles. The molecule has 2 aromatic rings. The summed E-state index contributed by atoms with van der Waals surface area (Å²) in [7, 11) is 1.87. The molecule has 0 bridgehead atoms. The Balaban J connectivity index is 1.91. The fraction of sp³-hybridized carbons (Fsp3) is 0.400. The van der Waals surface area contributed by atoms with E-state index in [1.165, 1.54) is 0 Å². The van der Waals surface area contributed by atoms with Gasteiger partial charge < -0.3 is 14.6 Å². The largest absolute Gasteiger partial charge is 0.381 e. The molecule has 20 heavy (non-hydrogen) atoms. The van der Waals surface area contributed by atoms with Crippen molar-refractivity contribution in [2.75, 3.05) is 13.2 Å². The first-order valence-corrected chi connectivity index (χ1v) is 7.18. The van der Waals surface area contributed by atoms with E-state index in [9.17, 15) is 4.79 Å². The number of rotatable bonds is 2. The Morgan fingerprint density at radius 1 is 1.35 bits per heavy atom. The van der Waals surface area contributed by atoms with Gasteiger partial charge in [-0.3, -0.25) is 4.79 Å². The molecule has 1 aliphatic rings. The first kappa shape index (κ1) is 13.5. The molecule has 0 aliphatic carbocycles. The Labute approximate surface area is 122 Å². The topological polar surface area (TPSA) is 43.3 Å². The van der Waals surface area contributed by atoms with Crippen LogP contribution in [0.3, 0.4) is 0 Å². The third-order valence-corrected chi connectivity index (χ3v) is 4.20. The molecule has 1 aromatic heterocycles. The first-order chi connectivity index (χ1) is 9.68. The highest BCUT2D eigenvalue weighted by Gasteiger charge is 2.23. The van der Waals surface area contributed by atoms with Crippen LogP contribution in [0.2, 0.25) is 5.02 Å². The van der Waals surface area contributed by atoms with Crippen molar-refractivity contribution in [3.63, 3.8) is 0 Å². The van der Waals surface area contributed by atoms with Crippen LogP contribution in [-0.4, -0.2) is 29.7 Å². The van der Waals surface area contributed by atoms with E-state index in [1.807, 2.05) is 35.9 Å². The minimum Gasteiger partial charge on any atom is -0.381 e. The number of fused-ring (bicyclic) bond motifs is 1. The summed E-state index contributed by atoms with van der Waals surface area (Å²) < 4.78 is 7.15. The van der Waals surface area contributed by atoms with E-state index in [1.54, 1.807) is 0 Å². The number of ether oxygens (including phenoxy) is 1. The van der Waals surface area contributed by atoms with Crippen molar-refractivity contribution >= 4 is 28.4 Å². The van der Waals surface area contributed by atoms with Crippen molar-refractivity contribution in [3.05, 3.63) is 35.0 Å². The number of carbonyl (C=O) groups excluding carboxylic acids is 1. The van der Waals surface area contributed by atoms with Crippen molar-refractivity contribution < 1.29 is 9.53 Å². The molecule has 1 saturated heterocycles. The number of nitrogens with zero attached hydrogens (tertiary/aromatic N) is 1. The average molecular weight is 293 g/mol. The highest BCUT2D eigenvalue weighted by molar-refractivity contribution is 6.38. The molecule has 4 nitrogen and oxygen atoms in total. The number of hydrogen-bond acceptors (Lipinski definition) is 2. The number of para-hydroxylation sites is 1. The first-order valence-electron chi connectivity index (χ1n) is 6.80. The van der Waals surface area contributed by atoms with Gasteiger partial charge in [0.15, 0.2) is 0 Å². The van der Waals surface area contributed by atoms with Crippen LogP contribution in [0.15, 0.2) is 24.3 Å². The predicted molar refractivity (Wildman–Crippen MR) is 79.2 cm³/mol. The molecule has 0 radical (unpaired) electrons. The lowest BCUT2D eigenvalue weighted by molar-refractivity contribution is 0.0693. The molecule has 2 heterocycles. The molecule has 5 heteroatoms. The maximum absolute atomic E-state index is 12.5. The Kier molecular flexibility index (Phi) is 3.68. The maximum Gasteiger partial charge on any atom is 0.269 e. The Bertz CT molecular complexity index is 606. The summed E-state index contributed by atoms with van der Waals surface area (Å²) in [5.74, 6) is -0.111. The van der Waals surface area contributed by atoms with Crippen LogP contribution in [0.5, 0.6) is 0 Å². The van der Waals surface area contributed by atoms with Gasteiger partial charge in [-0.05, 0) is 18.9 Å². The number of benzene rings is 1. The van der Waals surface area contributed by atoms with E-state index in [2.05, 4.69) is 5.32 Å².